The van der Waals surface area contributed by atoms with Crippen LogP contribution in [0.4, 0.5) is 10.1 Å². The van der Waals surface area contributed by atoms with Gasteiger partial charge in [-0.2, -0.15) is 0 Å². The number of nitrogen functional groups attached to an aromatic ring is 1. The summed E-state index contributed by atoms with van der Waals surface area (Å²) in [5, 5.41) is 8.98. The van der Waals surface area contributed by atoms with Gasteiger partial charge >= 0.3 is 5.97 Å². The number of carbonyl (C=O) groups is 1. The molecular weight excluding hydrogens is 225 g/mol. The van der Waals surface area contributed by atoms with E-state index < -0.39 is 17.9 Å². The number of hydrogen-bond acceptors (Lipinski definition) is 3. The van der Waals surface area contributed by atoms with Gasteiger partial charge in [0.05, 0.1) is 5.69 Å². The van der Waals surface area contributed by atoms with Crippen molar-refractivity contribution in [2.45, 2.75) is 26.4 Å². The third-order valence-electron chi connectivity index (χ3n) is 2.21. The summed E-state index contributed by atoms with van der Waals surface area (Å²) in [7, 11) is 0. The molecule has 0 fully saturated rings. The van der Waals surface area contributed by atoms with E-state index in [1.807, 2.05) is 13.8 Å². The van der Waals surface area contributed by atoms with Crippen molar-refractivity contribution in [3.05, 3.63) is 24.0 Å². The second-order valence-electron chi connectivity index (χ2n) is 4.26. The first-order chi connectivity index (χ1) is 7.90. The first-order valence-electron chi connectivity index (χ1n) is 5.34. The first-order valence-corrected chi connectivity index (χ1v) is 5.34. The summed E-state index contributed by atoms with van der Waals surface area (Å²) in [6, 6.07) is 3.80. The van der Waals surface area contributed by atoms with Crippen LogP contribution in [0.1, 0.15) is 20.3 Å². The number of benzene rings is 1. The van der Waals surface area contributed by atoms with Crippen LogP contribution in [0.15, 0.2) is 18.2 Å². The van der Waals surface area contributed by atoms with Gasteiger partial charge in [0.25, 0.3) is 0 Å². The summed E-state index contributed by atoms with van der Waals surface area (Å²) >= 11 is 0. The smallest absolute Gasteiger partial charge is 0.344 e. The molecule has 4 nitrogen and oxygen atoms in total. The minimum Gasteiger partial charge on any atom is -0.479 e. The second-order valence-corrected chi connectivity index (χ2v) is 4.26. The third-order valence-corrected chi connectivity index (χ3v) is 2.21. The van der Waals surface area contributed by atoms with Crippen LogP contribution in [0.3, 0.4) is 0 Å². The molecule has 0 aliphatic rings. The standard InChI is InChI=1S/C12H16FNO3/c1-7(2)5-11(12(15)16)17-8-3-4-9(13)10(14)6-8/h3-4,6-7,11H,5,14H2,1-2H3,(H,15,16). The van der Waals surface area contributed by atoms with E-state index in [9.17, 15) is 9.18 Å². The number of anilines is 1. The fourth-order valence-corrected chi connectivity index (χ4v) is 1.39. The van der Waals surface area contributed by atoms with Crippen molar-refractivity contribution in [2.75, 3.05) is 5.73 Å². The van der Waals surface area contributed by atoms with E-state index in [1.165, 1.54) is 12.1 Å². The Morgan fingerprint density at radius 1 is 1.53 bits per heavy atom. The lowest BCUT2D eigenvalue weighted by Crippen LogP contribution is -2.28. The predicted octanol–water partition coefficient (Wildman–Crippen LogP) is 2.29. The molecule has 0 saturated carbocycles. The van der Waals surface area contributed by atoms with Crippen molar-refractivity contribution in [1.82, 2.24) is 0 Å². The molecule has 0 aromatic heterocycles. The Labute approximate surface area is 99.2 Å². The van der Waals surface area contributed by atoms with Crippen molar-refractivity contribution in [1.29, 1.82) is 0 Å². The highest BCUT2D eigenvalue weighted by Crippen LogP contribution is 2.21. The van der Waals surface area contributed by atoms with Crippen molar-refractivity contribution in [2.24, 2.45) is 5.92 Å². The number of ether oxygens (including phenoxy) is 1. The molecule has 0 bridgehead atoms. The molecule has 5 heteroatoms. The van der Waals surface area contributed by atoms with Gasteiger partial charge < -0.3 is 15.6 Å². The van der Waals surface area contributed by atoms with Gasteiger partial charge in [0.15, 0.2) is 6.10 Å². The number of hydrogen-bond donors (Lipinski definition) is 2. The van der Waals surface area contributed by atoms with Gasteiger partial charge in [-0.15, -0.1) is 0 Å². The molecule has 1 aromatic carbocycles. The van der Waals surface area contributed by atoms with E-state index in [0.717, 1.165) is 6.07 Å². The van der Waals surface area contributed by atoms with Crippen molar-refractivity contribution in [3.8, 4) is 5.75 Å². The average Bonchev–Trinajstić information content (AvgIpc) is 2.21. The number of rotatable bonds is 5. The van der Waals surface area contributed by atoms with Gasteiger partial charge in [0.1, 0.15) is 11.6 Å². The molecule has 0 amide bonds. The molecular formula is C12H16FNO3. The van der Waals surface area contributed by atoms with Crippen LogP contribution in [0.5, 0.6) is 5.75 Å². The summed E-state index contributed by atoms with van der Waals surface area (Å²) < 4.78 is 18.2. The molecule has 0 saturated heterocycles. The van der Waals surface area contributed by atoms with Crippen LogP contribution in [0, 0.1) is 11.7 Å². The monoisotopic (exact) mass is 241 g/mol. The maximum absolute atomic E-state index is 12.9. The topological polar surface area (TPSA) is 72.5 Å². The maximum Gasteiger partial charge on any atom is 0.344 e. The number of carboxylic acid groups (broad SMARTS) is 1. The summed E-state index contributed by atoms with van der Waals surface area (Å²) in [5.41, 5.74) is 5.31. The SMILES string of the molecule is CC(C)CC(Oc1ccc(F)c(N)c1)C(=O)O. The highest BCUT2D eigenvalue weighted by Gasteiger charge is 2.21. The van der Waals surface area contributed by atoms with Gasteiger partial charge in [-0.05, 0) is 24.5 Å². The predicted molar refractivity (Wildman–Crippen MR) is 62.3 cm³/mol. The van der Waals surface area contributed by atoms with E-state index in [2.05, 4.69) is 0 Å². The minimum absolute atomic E-state index is 0.0591. The molecule has 17 heavy (non-hydrogen) atoms. The minimum atomic E-state index is -1.04. The molecule has 0 radical (unpaired) electrons. The van der Waals surface area contributed by atoms with Crippen LogP contribution in [0.25, 0.3) is 0 Å². The van der Waals surface area contributed by atoms with Gasteiger partial charge in [-0.25, -0.2) is 9.18 Å². The van der Waals surface area contributed by atoms with Crippen LogP contribution in [0.2, 0.25) is 0 Å². The van der Waals surface area contributed by atoms with Gasteiger partial charge in [0.2, 0.25) is 0 Å². The summed E-state index contributed by atoms with van der Waals surface area (Å²) in [6.07, 6.45) is -0.563. The fraction of sp³-hybridized carbons (Fsp3) is 0.417. The van der Waals surface area contributed by atoms with Crippen LogP contribution < -0.4 is 10.5 Å². The number of aliphatic carboxylic acids is 1. The van der Waals surface area contributed by atoms with E-state index in [-0.39, 0.29) is 17.4 Å². The highest BCUT2D eigenvalue weighted by molar-refractivity contribution is 5.72. The quantitative estimate of drug-likeness (QED) is 0.776. The Morgan fingerprint density at radius 2 is 2.18 bits per heavy atom. The molecule has 3 N–H and O–H groups in total. The molecule has 1 aromatic rings. The lowest BCUT2D eigenvalue weighted by Gasteiger charge is -2.17. The summed E-state index contributed by atoms with van der Waals surface area (Å²) in [6.45, 7) is 3.80. The zero-order chi connectivity index (χ0) is 13.0. The van der Waals surface area contributed by atoms with Crippen LogP contribution >= 0.6 is 0 Å². The Balaban J connectivity index is 2.78. The summed E-state index contributed by atoms with van der Waals surface area (Å²) in [5.74, 6) is -1.14. The number of carboxylic acids is 1. The van der Waals surface area contributed by atoms with Crippen LogP contribution in [-0.4, -0.2) is 17.2 Å². The lowest BCUT2D eigenvalue weighted by atomic mass is 10.1. The first kappa shape index (κ1) is 13.3. The molecule has 94 valence electrons. The average molecular weight is 241 g/mol. The van der Waals surface area contributed by atoms with Crippen molar-refractivity contribution >= 4 is 11.7 Å². The normalized spacial score (nSPS) is 12.5. The molecule has 0 aliphatic heterocycles. The van der Waals surface area contributed by atoms with Crippen molar-refractivity contribution in [3.63, 3.8) is 0 Å². The Morgan fingerprint density at radius 3 is 2.65 bits per heavy atom. The largest absolute Gasteiger partial charge is 0.479 e. The third kappa shape index (κ3) is 3.94. The maximum atomic E-state index is 12.9. The Kier molecular flexibility index (Phi) is 4.31. The molecule has 0 aliphatic carbocycles. The second kappa shape index (κ2) is 5.52. The molecule has 1 rings (SSSR count). The van der Waals surface area contributed by atoms with E-state index in [1.54, 1.807) is 0 Å². The van der Waals surface area contributed by atoms with E-state index in [0.29, 0.717) is 6.42 Å². The molecule has 1 atom stereocenters. The van der Waals surface area contributed by atoms with Crippen LogP contribution in [-0.2, 0) is 4.79 Å². The Hall–Kier alpha value is -1.78. The van der Waals surface area contributed by atoms with Crippen molar-refractivity contribution < 1.29 is 19.0 Å². The van der Waals surface area contributed by atoms with E-state index >= 15 is 0 Å². The number of nitrogens with two attached hydrogens (primary N) is 1. The van der Waals surface area contributed by atoms with Gasteiger partial charge in [-0.1, -0.05) is 13.8 Å². The zero-order valence-corrected chi connectivity index (χ0v) is 9.81. The summed E-state index contributed by atoms with van der Waals surface area (Å²) in [4.78, 5) is 11.0. The number of halogens is 1. The molecule has 0 spiro atoms. The van der Waals surface area contributed by atoms with E-state index in [4.69, 9.17) is 15.6 Å². The van der Waals surface area contributed by atoms with Gasteiger partial charge in [0, 0.05) is 6.07 Å². The fourth-order valence-electron chi connectivity index (χ4n) is 1.39. The molecule has 1 unspecified atom stereocenters. The lowest BCUT2D eigenvalue weighted by molar-refractivity contribution is -0.145. The molecule has 0 heterocycles. The zero-order valence-electron chi connectivity index (χ0n) is 9.81. The highest BCUT2D eigenvalue weighted by atomic mass is 19.1. The van der Waals surface area contributed by atoms with Gasteiger partial charge in [-0.3, -0.25) is 0 Å². The Bertz CT molecular complexity index is 407.